The standard InChI is InChI=1S/C14H25N3O2S/c1-10(2)9-11(3)16-12-7-6-8-13(14(12)15)20(18,19)17(4)5/h6-8,10-11,16H,9,15H2,1-5H3. The number of nitrogens with zero attached hydrogens (tertiary/aromatic N) is 1. The van der Waals surface area contributed by atoms with Crippen molar-refractivity contribution in [3.8, 4) is 0 Å². The Morgan fingerprint density at radius 1 is 1.25 bits per heavy atom. The second kappa shape index (κ2) is 6.45. The number of para-hydroxylation sites is 1. The van der Waals surface area contributed by atoms with Crippen molar-refractivity contribution >= 4 is 21.4 Å². The first-order chi connectivity index (χ1) is 9.16. The molecule has 0 saturated heterocycles. The van der Waals surface area contributed by atoms with Crippen LogP contribution in [0.5, 0.6) is 0 Å². The average molecular weight is 299 g/mol. The molecule has 1 aromatic carbocycles. The number of anilines is 2. The number of hydrogen-bond acceptors (Lipinski definition) is 4. The third kappa shape index (κ3) is 3.86. The summed E-state index contributed by atoms with van der Waals surface area (Å²) in [6, 6.07) is 5.27. The van der Waals surface area contributed by atoms with Crippen molar-refractivity contribution in [1.82, 2.24) is 4.31 Å². The van der Waals surface area contributed by atoms with Crippen LogP contribution in [0.3, 0.4) is 0 Å². The van der Waals surface area contributed by atoms with E-state index in [4.69, 9.17) is 5.73 Å². The van der Waals surface area contributed by atoms with Gasteiger partial charge in [0.25, 0.3) is 0 Å². The first kappa shape index (κ1) is 16.8. The average Bonchev–Trinajstić information content (AvgIpc) is 2.30. The van der Waals surface area contributed by atoms with Gasteiger partial charge in [-0.1, -0.05) is 19.9 Å². The molecule has 0 fully saturated rings. The highest BCUT2D eigenvalue weighted by atomic mass is 32.2. The molecular formula is C14H25N3O2S. The van der Waals surface area contributed by atoms with E-state index in [1.165, 1.54) is 24.5 Å². The van der Waals surface area contributed by atoms with Crippen molar-refractivity contribution in [1.29, 1.82) is 0 Å². The molecule has 0 aliphatic rings. The first-order valence-electron chi connectivity index (χ1n) is 6.73. The maximum atomic E-state index is 12.2. The molecule has 0 radical (unpaired) electrons. The van der Waals surface area contributed by atoms with E-state index in [9.17, 15) is 8.42 Å². The van der Waals surface area contributed by atoms with Crippen LogP contribution in [-0.2, 0) is 10.0 Å². The van der Waals surface area contributed by atoms with Crippen LogP contribution in [-0.4, -0.2) is 32.9 Å². The summed E-state index contributed by atoms with van der Waals surface area (Å²) in [6.45, 7) is 6.36. The lowest BCUT2D eigenvalue weighted by atomic mass is 10.0. The van der Waals surface area contributed by atoms with E-state index in [0.29, 0.717) is 11.6 Å². The smallest absolute Gasteiger partial charge is 0.244 e. The lowest BCUT2D eigenvalue weighted by Gasteiger charge is -2.20. The van der Waals surface area contributed by atoms with E-state index in [1.54, 1.807) is 12.1 Å². The number of rotatable bonds is 6. The Hall–Kier alpha value is -1.27. The molecule has 0 aliphatic carbocycles. The molecule has 114 valence electrons. The van der Waals surface area contributed by atoms with Crippen molar-refractivity contribution in [3.63, 3.8) is 0 Å². The van der Waals surface area contributed by atoms with Gasteiger partial charge in [0, 0.05) is 20.1 Å². The van der Waals surface area contributed by atoms with E-state index >= 15 is 0 Å². The van der Waals surface area contributed by atoms with Crippen LogP contribution >= 0.6 is 0 Å². The summed E-state index contributed by atoms with van der Waals surface area (Å²) in [6.07, 6.45) is 0.990. The fraction of sp³-hybridized carbons (Fsp3) is 0.571. The van der Waals surface area contributed by atoms with Crippen LogP contribution in [0.15, 0.2) is 23.1 Å². The lowest BCUT2D eigenvalue weighted by molar-refractivity contribution is 0.521. The largest absolute Gasteiger partial charge is 0.396 e. The fourth-order valence-electron chi connectivity index (χ4n) is 2.12. The van der Waals surface area contributed by atoms with Gasteiger partial charge in [0.2, 0.25) is 10.0 Å². The van der Waals surface area contributed by atoms with Crippen molar-refractivity contribution < 1.29 is 8.42 Å². The van der Waals surface area contributed by atoms with Gasteiger partial charge in [0.15, 0.2) is 0 Å². The second-order valence-corrected chi connectivity index (χ2v) is 7.80. The number of nitrogens with two attached hydrogens (primary N) is 1. The van der Waals surface area contributed by atoms with Gasteiger partial charge in [-0.2, -0.15) is 0 Å². The van der Waals surface area contributed by atoms with Gasteiger partial charge in [-0.3, -0.25) is 0 Å². The molecule has 0 saturated carbocycles. The summed E-state index contributed by atoms with van der Waals surface area (Å²) in [5.41, 5.74) is 6.96. The number of nitrogens with one attached hydrogen (secondary N) is 1. The van der Waals surface area contributed by atoms with Gasteiger partial charge < -0.3 is 11.1 Å². The Labute approximate surface area is 122 Å². The van der Waals surface area contributed by atoms with Crippen molar-refractivity contribution in [2.24, 2.45) is 5.92 Å². The summed E-state index contributed by atoms with van der Waals surface area (Å²) in [5.74, 6) is 0.562. The Bertz CT molecular complexity index is 554. The molecule has 1 atom stereocenters. The maximum absolute atomic E-state index is 12.2. The van der Waals surface area contributed by atoms with Crippen LogP contribution in [0.2, 0.25) is 0 Å². The van der Waals surface area contributed by atoms with Gasteiger partial charge in [-0.15, -0.1) is 0 Å². The van der Waals surface area contributed by atoms with Crippen LogP contribution in [0.4, 0.5) is 11.4 Å². The third-order valence-electron chi connectivity index (χ3n) is 3.05. The van der Waals surface area contributed by atoms with E-state index < -0.39 is 10.0 Å². The van der Waals surface area contributed by atoms with Gasteiger partial charge >= 0.3 is 0 Å². The Morgan fingerprint density at radius 2 is 1.85 bits per heavy atom. The van der Waals surface area contributed by atoms with Crippen LogP contribution in [0.25, 0.3) is 0 Å². The van der Waals surface area contributed by atoms with Crippen LogP contribution in [0, 0.1) is 5.92 Å². The molecule has 1 aromatic rings. The predicted octanol–water partition coefficient (Wildman–Crippen LogP) is 2.37. The maximum Gasteiger partial charge on any atom is 0.244 e. The SMILES string of the molecule is CC(C)CC(C)Nc1cccc(S(=O)(=O)N(C)C)c1N. The fourth-order valence-corrected chi connectivity index (χ4v) is 3.15. The lowest BCUT2D eigenvalue weighted by Crippen LogP contribution is -2.24. The van der Waals surface area contributed by atoms with Crippen LogP contribution in [0.1, 0.15) is 27.2 Å². The minimum absolute atomic E-state index is 0.143. The Kier molecular flexibility index (Phi) is 5.42. The Balaban J connectivity index is 3.08. The van der Waals surface area contributed by atoms with Crippen molar-refractivity contribution in [2.45, 2.75) is 38.1 Å². The molecular weight excluding hydrogens is 274 g/mol. The van der Waals surface area contributed by atoms with E-state index in [-0.39, 0.29) is 16.6 Å². The predicted molar refractivity (Wildman–Crippen MR) is 84.3 cm³/mol. The number of sulfonamides is 1. The van der Waals surface area contributed by atoms with Gasteiger partial charge in [-0.05, 0) is 31.4 Å². The molecule has 0 aromatic heterocycles. The van der Waals surface area contributed by atoms with E-state index in [0.717, 1.165) is 6.42 Å². The highest BCUT2D eigenvalue weighted by Crippen LogP contribution is 2.29. The zero-order valence-electron chi connectivity index (χ0n) is 12.8. The molecule has 0 bridgehead atoms. The molecule has 20 heavy (non-hydrogen) atoms. The number of benzene rings is 1. The van der Waals surface area contributed by atoms with Gasteiger partial charge in [0.05, 0.1) is 11.4 Å². The van der Waals surface area contributed by atoms with Crippen molar-refractivity contribution in [2.75, 3.05) is 25.1 Å². The van der Waals surface area contributed by atoms with Gasteiger partial charge in [0.1, 0.15) is 4.90 Å². The quantitative estimate of drug-likeness (QED) is 0.791. The van der Waals surface area contributed by atoms with Gasteiger partial charge in [-0.25, -0.2) is 12.7 Å². The molecule has 1 rings (SSSR count). The Morgan fingerprint density at radius 3 is 2.35 bits per heavy atom. The highest BCUT2D eigenvalue weighted by molar-refractivity contribution is 7.89. The highest BCUT2D eigenvalue weighted by Gasteiger charge is 2.22. The summed E-state index contributed by atoms with van der Waals surface area (Å²) in [4.78, 5) is 0.143. The van der Waals surface area contributed by atoms with Crippen molar-refractivity contribution in [3.05, 3.63) is 18.2 Å². The molecule has 0 amide bonds. The number of nitrogen functional groups attached to an aromatic ring is 1. The zero-order valence-corrected chi connectivity index (χ0v) is 13.7. The van der Waals surface area contributed by atoms with E-state index in [1.807, 2.05) is 0 Å². The second-order valence-electron chi connectivity index (χ2n) is 5.68. The molecule has 0 heterocycles. The summed E-state index contributed by atoms with van der Waals surface area (Å²) in [7, 11) is -0.528. The summed E-state index contributed by atoms with van der Waals surface area (Å²) >= 11 is 0. The monoisotopic (exact) mass is 299 g/mol. The molecule has 6 heteroatoms. The molecule has 1 unspecified atom stereocenters. The third-order valence-corrected chi connectivity index (χ3v) is 4.92. The van der Waals surface area contributed by atoms with Crippen LogP contribution < -0.4 is 11.1 Å². The minimum Gasteiger partial charge on any atom is -0.396 e. The first-order valence-corrected chi connectivity index (χ1v) is 8.17. The normalized spacial score (nSPS) is 13.8. The summed E-state index contributed by atoms with van der Waals surface area (Å²) < 4.78 is 25.5. The number of hydrogen-bond donors (Lipinski definition) is 2. The molecule has 0 spiro atoms. The zero-order chi connectivity index (χ0) is 15.5. The molecule has 5 nitrogen and oxygen atoms in total. The molecule has 0 aliphatic heterocycles. The molecule has 3 N–H and O–H groups in total. The van der Waals surface area contributed by atoms with E-state index in [2.05, 4.69) is 26.1 Å². The summed E-state index contributed by atoms with van der Waals surface area (Å²) in [5, 5.41) is 3.28. The topological polar surface area (TPSA) is 75.4 Å². The minimum atomic E-state index is -3.52.